The van der Waals surface area contributed by atoms with Crippen molar-refractivity contribution in [3.63, 3.8) is 0 Å². The summed E-state index contributed by atoms with van der Waals surface area (Å²) in [4.78, 5) is 37.5. The zero-order chi connectivity index (χ0) is 28.3. The Hall–Kier alpha value is -4.85. The van der Waals surface area contributed by atoms with E-state index in [9.17, 15) is 14.4 Å². The van der Waals surface area contributed by atoms with E-state index in [1.807, 2.05) is 36.4 Å². The third-order valence-electron chi connectivity index (χ3n) is 6.07. The molecule has 0 saturated carbocycles. The number of methoxy groups -OCH3 is 1. The number of fused-ring (bicyclic) bond motifs is 1. The van der Waals surface area contributed by atoms with E-state index in [-0.39, 0.29) is 23.4 Å². The van der Waals surface area contributed by atoms with Crippen LogP contribution in [0, 0.1) is 0 Å². The quantitative estimate of drug-likeness (QED) is 0.0781. The standard InChI is InChI=1S/C32H31NO7/c1-3-4-8-17-38-27-15-11-22(18-29(27)37-2)12-16-30(34)39-25-14-13-24-19-26(32(36)40-28(24)20-25)31(35)33-21-23-9-6-5-7-10-23/h5-7,9-16,18-20H,3-4,8,17,21H2,1-2H3,(H,33,35)/b16-12+. The van der Waals surface area contributed by atoms with Gasteiger partial charge in [-0.25, -0.2) is 9.59 Å². The normalized spacial score (nSPS) is 10.9. The van der Waals surface area contributed by atoms with Crippen LogP contribution in [0.3, 0.4) is 0 Å². The summed E-state index contributed by atoms with van der Waals surface area (Å²) < 4.78 is 21.9. The van der Waals surface area contributed by atoms with E-state index in [1.54, 1.807) is 37.5 Å². The Morgan fingerprint density at radius 2 is 1.77 bits per heavy atom. The molecule has 206 valence electrons. The highest BCUT2D eigenvalue weighted by Crippen LogP contribution is 2.29. The molecule has 0 aliphatic carbocycles. The van der Waals surface area contributed by atoms with Gasteiger partial charge in [-0.05, 0) is 54.0 Å². The molecule has 1 aromatic heterocycles. The molecular formula is C32H31NO7. The van der Waals surface area contributed by atoms with Crippen molar-refractivity contribution < 1.29 is 28.2 Å². The highest BCUT2D eigenvalue weighted by Gasteiger charge is 2.14. The first-order chi connectivity index (χ1) is 19.5. The van der Waals surface area contributed by atoms with Gasteiger partial charge < -0.3 is 23.9 Å². The van der Waals surface area contributed by atoms with E-state index < -0.39 is 17.5 Å². The van der Waals surface area contributed by atoms with Crippen LogP contribution in [0.15, 0.2) is 88.1 Å². The molecule has 0 bridgehead atoms. The number of hydrogen-bond acceptors (Lipinski definition) is 7. The van der Waals surface area contributed by atoms with Crippen molar-refractivity contribution in [3.05, 3.63) is 106 Å². The zero-order valence-corrected chi connectivity index (χ0v) is 22.5. The molecule has 3 aromatic carbocycles. The summed E-state index contributed by atoms with van der Waals surface area (Å²) in [6.45, 7) is 3.03. The first kappa shape index (κ1) is 28.2. The van der Waals surface area contributed by atoms with Crippen LogP contribution in [0.2, 0.25) is 0 Å². The lowest BCUT2D eigenvalue weighted by atomic mass is 10.1. The predicted octanol–water partition coefficient (Wildman–Crippen LogP) is 5.92. The van der Waals surface area contributed by atoms with Gasteiger partial charge in [0.05, 0.1) is 13.7 Å². The van der Waals surface area contributed by atoms with E-state index >= 15 is 0 Å². The number of amides is 1. The number of unbranched alkanes of at least 4 members (excludes halogenated alkanes) is 2. The van der Waals surface area contributed by atoms with Gasteiger partial charge in [-0.2, -0.15) is 0 Å². The smallest absolute Gasteiger partial charge is 0.349 e. The molecule has 0 spiro atoms. The van der Waals surface area contributed by atoms with E-state index in [4.69, 9.17) is 18.6 Å². The Balaban J connectivity index is 1.39. The van der Waals surface area contributed by atoms with Gasteiger partial charge in [0.25, 0.3) is 5.91 Å². The third-order valence-corrected chi connectivity index (χ3v) is 6.07. The lowest BCUT2D eigenvalue weighted by Crippen LogP contribution is -2.27. The van der Waals surface area contributed by atoms with Gasteiger partial charge in [0.2, 0.25) is 0 Å². The van der Waals surface area contributed by atoms with Crippen LogP contribution < -0.4 is 25.2 Å². The number of carbonyl (C=O) groups is 2. The van der Waals surface area contributed by atoms with E-state index in [2.05, 4.69) is 12.2 Å². The van der Waals surface area contributed by atoms with Crippen molar-refractivity contribution in [2.75, 3.05) is 13.7 Å². The van der Waals surface area contributed by atoms with Crippen LogP contribution in [0.4, 0.5) is 0 Å². The summed E-state index contributed by atoms with van der Waals surface area (Å²) in [5.74, 6) is 0.267. The van der Waals surface area contributed by atoms with Gasteiger partial charge in [0, 0.05) is 24.1 Å². The SMILES string of the molecule is CCCCCOc1ccc(/C=C/C(=O)Oc2ccc3cc(C(=O)NCc4ccccc4)c(=O)oc3c2)cc1OC. The van der Waals surface area contributed by atoms with Crippen LogP contribution >= 0.6 is 0 Å². The second-order valence-electron chi connectivity index (χ2n) is 9.04. The minimum absolute atomic E-state index is 0.107. The number of rotatable bonds is 12. The minimum atomic E-state index is -0.784. The molecule has 1 amide bonds. The lowest BCUT2D eigenvalue weighted by molar-refractivity contribution is -0.128. The van der Waals surface area contributed by atoms with Crippen LogP contribution in [-0.4, -0.2) is 25.6 Å². The second-order valence-corrected chi connectivity index (χ2v) is 9.04. The van der Waals surface area contributed by atoms with Gasteiger partial charge in [0.15, 0.2) is 11.5 Å². The van der Waals surface area contributed by atoms with Crippen molar-refractivity contribution >= 4 is 28.9 Å². The Bertz CT molecular complexity index is 1560. The third kappa shape index (κ3) is 7.60. The summed E-state index contributed by atoms with van der Waals surface area (Å²) in [6, 6.07) is 20.8. The summed E-state index contributed by atoms with van der Waals surface area (Å²) in [7, 11) is 1.56. The fourth-order valence-electron chi connectivity index (χ4n) is 3.94. The molecule has 8 heteroatoms. The van der Waals surface area contributed by atoms with Crippen molar-refractivity contribution in [2.45, 2.75) is 32.7 Å². The molecule has 0 aliphatic heterocycles. The molecule has 0 unspecified atom stereocenters. The average Bonchev–Trinajstić information content (AvgIpc) is 2.97. The fourth-order valence-corrected chi connectivity index (χ4v) is 3.94. The number of carbonyl (C=O) groups excluding carboxylic acids is 2. The maximum absolute atomic E-state index is 12.6. The molecule has 4 aromatic rings. The summed E-state index contributed by atoms with van der Waals surface area (Å²) in [6.07, 6.45) is 6.08. The maximum atomic E-state index is 12.6. The highest BCUT2D eigenvalue weighted by molar-refractivity contribution is 5.97. The topological polar surface area (TPSA) is 104 Å². The zero-order valence-electron chi connectivity index (χ0n) is 22.5. The summed E-state index contributed by atoms with van der Waals surface area (Å²) in [5, 5.41) is 3.24. The van der Waals surface area contributed by atoms with Gasteiger partial charge in [0.1, 0.15) is 16.9 Å². The lowest BCUT2D eigenvalue weighted by Gasteiger charge is -2.11. The molecular weight excluding hydrogens is 510 g/mol. The Morgan fingerprint density at radius 1 is 0.950 bits per heavy atom. The first-order valence-corrected chi connectivity index (χ1v) is 13.1. The van der Waals surface area contributed by atoms with Crippen LogP contribution in [0.25, 0.3) is 17.0 Å². The van der Waals surface area contributed by atoms with Gasteiger partial charge in [-0.15, -0.1) is 0 Å². The number of nitrogens with one attached hydrogen (secondary N) is 1. The molecule has 0 aliphatic rings. The molecule has 0 radical (unpaired) electrons. The molecule has 1 N–H and O–H groups in total. The van der Waals surface area contributed by atoms with Gasteiger partial charge in [-0.1, -0.05) is 56.2 Å². The summed E-state index contributed by atoms with van der Waals surface area (Å²) in [5.41, 5.74) is 0.942. The Kier molecular flexibility index (Phi) is 9.72. The van der Waals surface area contributed by atoms with Gasteiger partial charge >= 0.3 is 11.6 Å². The van der Waals surface area contributed by atoms with E-state index in [0.717, 1.165) is 30.4 Å². The van der Waals surface area contributed by atoms with E-state index in [0.29, 0.717) is 23.5 Å². The Labute approximate surface area is 232 Å². The van der Waals surface area contributed by atoms with Gasteiger partial charge in [-0.3, -0.25) is 4.79 Å². The Morgan fingerprint density at radius 3 is 2.55 bits per heavy atom. The van der Waals surface area contributed by atoms with E-state index in [1.165, 1.54) is 18.2 Å². The monoisotopic (exact) mass is 541 g/mol. The molecule has 0 atom stereocenters. The first-order valence-electron chi connectivity index (χ1n) is 13.1. The number of esters is 1. The molecule has 4 rings (SSSR count). The van der Waals surface area contributed by atoms with Crippen molar-refractivity contribution in [2.24, 2.45) is 0 Å². The number of ether oxygens (including phenoxy) is 3. The largest absolute Gasteiger partial charge is 0.493 e. The van der Waals surface area contributed by atoms with Crippen LogP contribution in [0.1, 0.15) is 47.7 Å². The number of benzene rings is 3. The summed E-state index contributed by atoms with van der Waals surface area (Å²) >= 11 is 0. The molecule has 1 heterocycles. The fraction of sp³-hybridized carbons (Fsp3) is 0.219. The molecule has 0 saturated heterocycles. The van der Waals surface area contributed by atoms with Crippen LogP contribution in [0.5, 0.6) is 17.2 Å². The molecule has 40 heavy (non-hydrogen) atoms. The number of hydrogen-bond donors (Lipinski definition) is 1. The van der Waals surface area contributed by atoms with Crippen molar-refractivity contribution in [1.29, 1.82) is 0 Å². The molecule has 0 fully saturated rings. The van der Waals surface area contributed by atoms with Crippen LogP contribution in [-0.2, 0) is 11.3 Å². The average molecular weight is 542 g/mol. The highest BCUT2D eigenvalue weighted by atomic mass is 16.5. The maximum Gasteiger partial charge on any atom is 0.349 e. The van der Waals surface area contributed by atoms with Crippen molar-refractivity contribution in [3.8, 4) is 17.2 Å². The second kappa shape index (κ2) is 13.8. The predicted molar refractivity (Wildman–Crippen MR) is 153 cm³/mol. The minimum Gasteiger partial charge on any atom is -0.493 e. The van der Waals surface area contributed by atoms with Crippen molar-refractivity contribution in [1.82, 2.24) is 5.32 Å². The molecule has 8 nitrogen and oxygen atoms in total.